The van der Waals surface area contributed by atoms with Crippen LogP contribution in [0.2, 0.25) is 5.02 Å². The maximum atomic E-state index is 14.6. The largest absolute Gasteiger partial charge is 0.463 e. The number of amides is 3. The van der Waals surface area contributed by atoms with Crippen LogP contribution >= 0.6 is 11.6 Å². The molecule has 0 radical (unpaired) electrons. The van der Waals surface area contributed by atoms with Crippen molar-refractivity contribution in [2.75, 3.05) is 31.2 Å². The number of carbonyl (C=O) groups is 4. The van der Waals surface area contributed by atoms with Crippen molar-refractivity contribution in [3.8, 4) is 0 Å². The monoisotopic (exact) mass is 663 g/mol. The maximum Gasteiger partial charge on any atom is 0.306 e. The lowest BCUT2D eigenvalue weighted by molar-refractivity contribution is -0.146. The van der Waals surface area contributed by atoms with Crippen LogP contribution in [-0.4, -0.2) is 77.7 Å². The Balaban J connectivity index is 1.44. The van der Waals surface area contributed by atoms with Gasteiger partial charge < -0.3 is 29.7 Å². The normalized spacial score (nSPS) is 24.8. The van der Waals surface area contributed by atoms with E-state index in [-0.39, 0.29) is 44.5 Å². The quantitative estimate of drug-likeness (QED) is 0.155. The number of nitrogens with zero attached hydrogens (tertiary/aromatic N) is 2. The van der Waals surface area contributed by atoms with Gasteiger partial charge in [0.25, 0.3) is 5.91 Å². The highest BCUT2D eigenvalue weighted by Gasteiger charge is 2.74. The molecule has 3 heterocycles. The number of allylic oxidation sites excluding steroid dienone is 1. The maximum absolute atomic E-state index is 14.6. The lowest BCUT2D eigenvalue weighted by Crippen LogP contribution is -2.56. The Morgan fingerprint density at radius 1 is 1.13 bits per heavy atom. The van der Waals surface area contributed by atoms with Gasteiger partial charge in [-0.05, 0) is 61.9 Å². The van der Waals surface area contributed by atoms with E-state index in [0.29, 0.717) is 42.8 Å². The van der Waals surface area contributed by atoms with Gasteiger partial charge in [0.1, 0.15) is 18.2 Å². The Hall–Kier alpha value is -3.99. The van der Waals surface area contributed by atoms with Crippen molar-refractivity contribution in [1.29, 1.82) is 0 Å². The molecule has 250 valence electrons. The van der Waals surface area contributed by atoms with E-state index < -0.39 is 47.5 Å². The molecule has 2 aromatic rings. The minimum Gasteiger partial charge on any atom is -0.463 e. The van der Waals surface area contributed by atoms with E-state index in [2.05, 4.69) is 18.5 Å². The third kappa shape index (κ3) is 7.00. The summed E-state index contributed by atoms with van der Waals surface area (Å²) in [6.07, 6.45) is 5.22. The van der Waals surface area contributed by atoms with Crippen LogP contribution < -0.4 is 10.2 Å². The number of halogens is 1. The molecule has 6 atom stereocenters. The molecule has 2 aromatic carbocycles. The van der Waals surface area contributed by atoms with Gasteiger partial charge in [-0.25, -0.2) is 0 Å². The van der Waals surface area contributed by atoms with E-state index in [0.717, 1.165) is 5.56 Å². The number of likely N-dealkylation sites (tertiary alicyclic amines) is 1. The van der Waals surface area contributed by atoms with Crippen LogP contribution in [0.1, 0.15) is 50.1 Å². The van der Waals surface area contributed by atoms with Gasteiger partial charge in [-0.1, -0.05) is 54.1 Å². The molecule has 3 saturated heterocycles. The molecule has 0 unspecified atom stereocenters. The van der Waals surface area contributed by atoms with Crippen molar-refractivity contribution < 1.29 is 33.8 Å². The molecule has 3 aliphatic rings. The standard InChI is InChI=1S/C36H42ClN3O7/c1-3-5-13-29(42)46-23-27(24-11-7-6-8-12-24)38-33(43)30-28-18-19-36(47-28)31(30)34(44)40(21-9-10-22-41)32(36)35(45)39(20-4-2)26-16-14-25(37)15-17-26/h3-4,6-8,11-12,14-17,27-28,30-32,41H,1-2,5,9-10,13,18-23H2,(H,38,43)/t27-,28-,30+,31+,32-,36+/m1/s1. The third-order valence-corrected chi connectivity index (χ3v) is 9.59. The first-order valence-corrected chi connectivity index (χ1v) is 16.5. The average Bonchev–Trinajstić information content (AvgIpc) is 3.72. The second-order valence-corrected chi connectivity index (χ2v) is 12.7. The van der Waals surface area contributed by atoms with Crippen molar-refractivity contribution in [3.05, 3.63) is 90.5 Å². The van der Waals surface area contributed by atoms with Crippen LogP contribution in [-0.2, 0) is 28.7 Å². The first-order valence-electron chi connectivity index (χ1n) is 16.1. The predicted octanol–water partition coefficient (Wildman–Crippen LogP) is 4.37. The van der Waals surface area contributed by atoms with Crippen LogP contribution in [0, 0.1) is 11.8 Å². The Kier molecular flexibility index (Phi) is 11.2. The zero-order valence-electron chi connectivity index (χ0n) is 26.4. The summed E-state index contributed by atoms with van der Waals surface area (Å²) in [5, 5.41) is 13.0. The highest BCUT2D eigenvalue weighted by molar-refractivity contribution is 6.30. The summed E-state index contributed by atoms with van der Waals surface area (Å²) in [5.41, 5.74) is 0.137. The minimum atomic E-state index is -1.20. The Bertz CT molecular complexity index is 1470. The molecule has 2 N–H and O–H groups in total. The third-order valence-electron chi connectivity index (χ3n) is 9.34. The molecular weight excluding hydrogens is 622 g/mol. The molecule has 1 spiro atoms. The molecule has 3 amide bonds. The fourth-order valence-electron chi connectivity index (χ4n) is 7.23. The number of hydrogen-bond donors (Lipinski definition) is 2. The Labute approximate surface area is 280 Å². The van der Waals surface area contributed by atoms with Crippen LogP contribution in [0.4, 0.5) is 5.69 Å². The number of aliphatic hydroxyl groups excluding tert-OH is 1. The number of anilines is 1. The lowest BCUT2D eigenvalue weighted by Gasteiger charge is -2.37. The van der Waals surface area contributed by atoms with E-state index in [1.54, 1.807) is 46.2 Å². The van der Waals surface area contributed by atoms with E-state index in [9.17, 15) is 24.3 Å². The van der Waals surface area contributed by atoms with Gasteiger partial charge in [0, 0.05) is 36.8 Å². The van der Waals surface area contributed by atoms with E-state index in [1.165, 1.54) is 0 Å². The molecule has 2 bridgehead atoms. The summed E-state index contributed by atoms with van der Waals surface area (Å²) >= 11 is 6.13. The van der Waals surface area contributed by atoms with Crippen molar-refractivity contribution >= 4 is 41.0 Å². The minimum absolute atomic E-state index is 0.0504. The predicted molar refractivity (Wildman–Crippen MR) is 177 cm³/mol. The first-order chi connectivity index (χ1) is 22.7. The average molecular weight is 664 g/mol. The van der Waals surface area contributed by atoms with Gasteiger partial charge in [0.2, 0.25) is 11.8 Å². The number of aliphatic hydroxyl groups is 1. The van der Waals surface area contributed by atoms with Crippen molar-refractivity contribution in [2.24, 2.45) is 11.8 Å². The number of fused-ring (bicyclic) bond motifs is 1. The van der Waals surface area contributed by atoms with Gasteiger partial charge in [-0.3, -0.25) is 19.2 Å². The molecule has 3 aliphatic heterocycles. The zero-order valence-corrected chi connectivity index (χ0v) is 27.1. The fraction of sp³-hybridized carbons (Fsp3) is 0.444. The fourth-order valence-corrected chi connectivity index (χ4v) is 7.36. The van der Waals surface area contributed by atoms with Crippen LogP contribution in [0.25, 0.3) is 0 Å². The first kappa shape index (κ1) is 34.3. The summed E-state index contributed by atoms with van der Waals surface area (Å²) in [7, 11) is 0. The summed E-state index contributed by atoms with van der Waals surface area (Å²) < 4.78 is 12.1. The van der Waals surface area contributed by atoms with Gasteiger partial charge >= 0.3 is 5.97 Å². The van der Waals surface area contributed by atoms with Crippen LogP contribution in [0.5, 0.6) is 0 Å². The number of hydrogen-bond acceptors (Lipinski definition) is 7. The highest BCUT2D eigenvalue weighted by Crippen LogP contribution is 2.58. The van der Waals surface area contributed by atoms with Gasteiger partial charge in [0.15, 0.2) is 0 Å². The second kappa shape index (κ2) is 15.3. The number of nitrogens with one attached hydrogen (secondary N) is 1. The second-order valence-electron chi connectivity index (χ2n) is 12.2. The summed E-state index contributed by atoms with van der Waals surface area (Å²) in [5.74, 6) is -3.17. The summed E-state index contributed by atoms with van der Waals surface area (Å²) in [4.78, 5) is 58.5. The molecule has 47 heavy (non-hydrogen) atoms. The molecule has 0 aliphatic carbocycles. The van der Waals surface area contributed by atoms with Gasteiger partial charge in [-0.15, -0.1) is 13.2 Å². The van der Waals surface area contributed by atoms with Crippen molar-refractivity contribution in [3.63, 3.8) is 0 Å². The van der Waals surface area contributed by atoms with E-state index in [1.807, 2.05) is 30.3 Å². The Morgan fingerprint density at radius 2 is 1.87 bits per heavy atom. The molecule has 0 aromatic heterocycles. The molecule has 3 fully saturated rings. The molecule has 11 heteroatoms. The smallest absolute Gasteiger partial charge is 0.306 e. The van der Waals surface area contributed by atoms with Crippen LogP contribution in [0.15, 0.2) is 79.9 Å². The lowest BCUT2D eigenvalue weighted by atomic mass is 9.70. The number of ether oxygens (including phenoxy) is 2. The van der Waals surface area contributed by atoms with Gasteiger partial charge in [0.05, 0.1) is 24.0 Å². The SMILES string of the molecule is C=CCCC(=O)OC[C@@H](NC(=O)[C@@H]1[C@H]2C(=O)N(CCCCO)[C@H](C(=O)N(CC=C)c3ccc(Cl)cc3)[C@]23CC[C@H]1O3)c1ccccc1. The van der Waals surface area contributed by atoms with Gasteiger partial charge in [-0.2, -0.15) is 0 Å². The highest BCUT2D eigenvalue weighted by atomic mass is 35.5. The number of carbonyl (C=O) groups excluding carboxylic acids is 4. The van der Waals surface area contributed by atoms with E-state index in [4.69, 9.17) is 21.1 Å². The number of benzene rings is 2. The molecule has 0 saturated carbocycles. The molecular formula is C36H42ClN3O7. The topological polar surface area (TPSA) is 125 Å². The molecule has 10 nitrogen and oxygen atoms in total. The molecule has 5 rings (SSSR count). The van der Waals surface area contributed by atoms with Crippen molar-refractivity contribution in [1.82, 2.24) is 10.2 Å². The summed E-state index contributed by atoms with van der Waals surface area (Å²) in [6.45, 7) is 7.76. The zero-order chi connectivity index (χ0) is 33.6. The van der Waals surface area contributed by atoms with Crippen LogP contribution in [0.3, 0.4) is 0 Å². The van der Waals surface area contributed by atoms with E-state index >= 15 is 0 Å². The number of rotatable bonds is 16. The summed E-state index contributed by atoms with van der Waals surface area (Å²) in [6, 6.07) is 14.4. The number of unbranched alkanes of at least 4 members (excludes halogenated alkanes) is 1. The Morgan fingerprint density at radius 3 is 2.55 bits per heavy atom. The number of esters is 1. The van der Waals surface area contributed by atoms with Crippen molar-refractivity contribution in [2.45, 2.75) is 62.3 Å².